The van der Waals surface area contributed by atoms with Crippen molar-refractivity contribution in [2.75, 3.05) is 12.9 Å². The average molecular weight is 210 g/mol. The molecule has 0 aromatic carbocycles. The molecule has 0 saturated heterocycles. The molecular formula is C10H14N2OS. The van der Waals surface area contributed by atoms with Crippen molar-refractivity contribution in [3.8, 4) is 5.88 Å². The zero-order valence-electron chi connectivity index (χ0n) is 8.70. The van der Waals surface area contributed by atoms with Crippen LogP contribution in [0.2, 0.25) is 0 Å². The summed E-state index contributed by atoms with van der Waals surface area (Å²) in [6, 6.07) is 0. The number of hydrogen-bond donors (Lipinski definition) is 0. The van der Waals surface area contributed by atoms with E-state index in [-0.39, 0.29) is 0 Å². The quantitative estimate of drug-likeness (QED) is 0.564. The van der Waals surface area contributed by atoms with Crippen LogP contribution in [0.4, 0.5) is 0 Å². The minimum absolute atomic E-state index is 0.602. The maximum Gasteiger partial charge on any atom is 0.236 e. The van der Waals surface area contributed by atoms with Gasteiger partial charge in [0.1, 0.15) is 5.03 Å². The molecule has 0 radical (unpaired) electrons. The van der Waals surface area contributed by atoms with Gasteiger partial charge in [-0.15, -0.1) is 28.5 Å². The summed E-state index contributed by atoms with van der Waals surface area (Å²) in [6.07, 6.45) is 1.85. The zero-order chi connectivity index (χ0) is 10.6. The molecule has 3 nitrogen and oxygen atoms in total. The third-order valence-electron chi connectivity index (χ3n) is 1.97. The van der Waals surface area contributed by atoms with Gasteiger partial charge in [0, 0.05) is 11.3 Å². The number of rotatable bonds is 4. The van der Waals surface area contributed by atoms with Crippen LogP contribution in [0.15, 0.2) is 17.7 Å². The van der Waals surface area contributed by atoms with E-state index in [0.717, 1.165) is 21.9 Å². The summed E-state index contributed by atoms with van der Waals surface area (Å²) in [4.78, 5) is 0. The minimum atomic E-state index is 0.602. The molecule has 1 aromatic rings. The van der Waals surface area contributed by atoms with Gasteiger partial charge in [0.15, 0.2) is 0 Å². The van der Waals surface area contributed by atoms with Crippen molar-refractivity contribution in [2.45, 2.75) is 18.9 Å². The van der Waals surface area contributed by atoms with Crippen molar-refractivity contribution < 1.29 is 4.74 Å². The lowest BCUT2D eigenvalue weighted by atomic mass is 10.2. The molecular weight excluding hydrogens is 196 g/mol. The van der Waals surface area contributed by atoms with Crippen LogP contribution >= 0.6 is 11.8 Å². The van der Waals surface area contributed by atoms with Crippen LogP contribution < -0.4 is 4.74 Å². The normalized spacial score (nSPS) is 9.93. The fraction of sp³-hybridized carbons (Fsp3) is 0.400. The van der Waals surface area contributed by atoms with Crippen molar-refractivity contribution in [1.29, 1.82) is 0 Å². The maximum atomic E-state index is 5.08. The first-order chi connectivity index (χ1) is 6.70. The van der Waals surface area contributed by atoms with Gasteiger partial charge >= 0.3 is 0 Å². The van der Waals surface area contributed by atoms with Crippen molar-refractivity contribution in [3.05, 3.63) is 23.8 Å². The van der Waals surface area contributed by atoms with E-state index < -0.39 is 0 Å². The SMILES string of the molecule is C=CCSc1nnc(OC)c(C)c1C. The highest BCUT2D eigenvalue weighted by Gasteiger charge is 2.09. The molecule has 1 heterocycles. The summed E-state index contributed by atoms with van der Waals surface area (Å²) < 4.78 is 5.08. The molecule has 76 valence electrons. The molecule has 0 saturated carbocycles. The van der Waals surface area contributed by atoms with E-state index in [1.807, 2.05) is 19.9 Å². The molecule has 4 heteroatoms. The lowest BCUT2D eigenvalue weighted by molar-refractivity contribution is 0.385. The largest absolute Gasteiger partial charge is 0.480 e. The van der Waals surface area contributed by atoms with Gasteiger partial charge in [-0.2, -0.15) is 0 Å². The van der Waals surface area contributed by atoms with Crippen LogP contribution in [0, 0.1) is 13.8 Å². The molecule has 0 aliphatic carbocycles. The molecule has 0 atom stereocenters. The van der Waals surface area contributed by atoms with E-state index in [1.54, 1.807) is 18.9 Å². The van der Waals surface area contributed by atoms with Gasteiger partial charge in [-0.25, -0.2) is 0 Å². The Bertz CT molecular complexity index is 339. The highest BCUT2D eigenvalue weighted by atomic mass is 32.2. The second kappa shape index (κ2) is 5.00. The van der Waals surface area contributed by atoms with E-state index in [9.17, 15) is 0 Å². The smallest absolute Gasteiger partial charge is 0.236 e. The van der Waals surface area contributed by atoms with Gasteiger partial charge in [0.2, 0.25) is 5.88 Å². The first-order valence-corrected chi connectivity index (χ1v) is 5.30. The second-order valence-electron chi connectivity index (χ2n) is 2.86. The number of methoxy groups -OCH3 is 1. The van der Waals surface area contributed by atoms with E-state index in [1.165, 1.54) is 0 Å². The first kappa shape index (κ1) is 11.0. The van der Waals surface area contributed by atoms with Gasteiger partial charge in [-0.05, 0) is 19.4 Å². The van der Waals surface area contributed by atoms with Crippen LogP contribution in [-0.4, -0.2) is 23.1 Å². The van der Waals surface area contributed by atoms with E-state index in [4.69, 9.17) is 4.74 Å². The third kappa shape index (κ3) is 2.26. The highest BCUT2D eigenvalue weighted by molar-refractivity contribution is 7.99. The molecule has 1 rings (SSSR count). The number of aromatic nitrogens is 2. The highest BCUT2D eigenvalue weighted by Crippen LogP contribution is 2.25. The van der Waals surface area contributed by atoms with Gasteiger partial charge in [-0.3, -0.25) is 0 Å². The van der Waals surface area contributed by atoms with Gasteiger partial charge in [-0.1, -0.05) is 6.08 Å². The standard InChI is InChI=1S/C10H14N2OS/c1-5-6-14-10-8(3)7(2)9(13-4)11-12-10/h5H,1,6H2,2-4H3. The zero-order valence-corrected chi connectivity index (χ0v) is 9.52. The Morgan fingerprint density at radius 2 is 2.07 bits per heavy atom. The van der Waals surface area contributed by atoms with Gasteiger partial charge in [0.05, 0.1) is 7.11 Å². The summed E-state index contributed by atoms with van der Waals surface area (Å²) in [5.74, 6) is 1.45. The third-order valence-corrected chi connectivity index (χ3v) is 3.03. The number of ether oxygens (including phenoxy) is 1. The Hall–Kier alpha value is -1.03. The predicted octanol–water partition coefficient (Wildman–Crippen LogP) is 2.38. The Balaban J connectivity index is 2.98. The maximum absolute atomic E-state index is 5.08. The van der Waals surface area contributed by atoms with Crippen molar-refractivity contribution >= 4 is 11.8 Å². The van der Waals surface area contributed by atoms with E-state index in [0.29, 0.717) is 5.88 Å². The molecule has 14 heavy (non-hydrogen) atoms. The molecule has 0 spiro atoms. The Labute approximate surface area is 88.6 Å². The summed E-state index contributed by atoms with van der Waals surface area (Å²) in [5.41, 5.74) is 2.18. The molecule has 0 amide bonds. The number of hydrogen-bond acceptors (Lipinski definition) is 4. The summed E-state index contributed by atoms with van der Waals surface area (Å²) >= 11 is 1.63. The Morgan fingerprint density at radius 3 is 2.64 bits per heavy atom. The van der Waals surface area contributed by atoms with Crippen LogP contribution in [0.3, 0.4) is 0 Å². The Morgan fingerprint density at radius 1 is 1.36 bits per heavy atom. The monoisotopic (exact) mass is 210 g/mol. The molecule has 0 unspecified atom stereocenters. The van der Waals surface area contributed by atoms with Crippen LogP contribution in [0.1, 0.15) is 11.1 Å². The van der Waals surface area contributed by atoms with E-state index >= 15 is 0 Å². The molecule has 0 fully saturated rings. The lowest BCUT2D eigenvalue weighted by Gasteiger charge is -2.08. The average Bonchev–Trinajstić information content (AvgIpc) is 2.20. The van der Waals surface area contributed by atoms with Crippen LogP contribution in [0.25, 0.3) is 0 Å². The van der Waals surface area contributed by atoms with Crippen molar-refractivity contribution in [1.82, 2.24) is 10.2 Å². The molecule has 0 aliphatic rings. The summed E-state index contributed by atoms with van der Waals surface area (Å²) in [6.45, 7) is 7.68. The fourth-order valence-electron chi connectivity index (χ4n) is 1.03. The summed E-state index contributed by atoms with van der Waals surface area (Å²) in [7, 11) is 1.60. The van der Waals surface area contributed by atoms with Gasteiger partial charge < -0.3 is 4.74 Å². The first-order valence-electron chi connectivity index (χ1n) is 4.32. The molecule has 0 N–H and O–H groups in total. The lowest BCUT2D eigenvalue weighted by Crippen LogP contribution is -1.99. The van der Waals surface area contributed by atoms with Crippen molar-refractivity contribution in [2.24, 2.45) is 0 Å². The molecule has 1 aromatic heterocycles. The summed E-state index contributed by atoms with van der Waals surface area (Å²) in [5, 5.41) is 9.02. The molecule has 0 aliphatic heterocycles. The Kier molecular flexibility index (Phi) is 3.95. The fourth-order valence-corrected chi connectivity index (χ4v) is 1.77. The van der Waals surface area contributed by atoms with Crippen molar-refractivity contribution in [3.63, 3.8) is 0 Å². The number of thioether (sulfide) groups is 1. The van der Waals surface area contributed by atoms with Crippen LogP contribution in [0.5, 0.6) is 5.88 Å². The van der Waals surface area contributed by atoms with E-state index in [2.05, 4.69) is 16.8 Å². The molecule has 0 bridgehead atoms. The van der Waals surface area contributed by atoms with Crippen LogP contribution in [-0.2, 0) is 0 Å². The minimum Gasteiger partial charge on any atom is -0.480 e. The second-order valence-corrected chi connectivity index (χ2v) is 3.87. The number of nitrogens with zero attached hydrogens (tertiary/aromatic N) is 2. The predicted molar refractivity (Wildman–Crippen MR) is 59.0 cm³/mol. The van der Waals surface area contributed by atoms with Gasteiger partial charge in [0.25, 0.3) is 0 Å². The topological polar surface area (TPSA) is 35.0 Å².